The standard InChI is InChI=1S/C30H43NO4Si4/c1-9-29(32)31-30(10-2)39(33-36(3,4)26-20-14-11-15-21-26,34-37(5,6)27-22-16-12-17-23-27)35-38(7,8)28-24-18-13-19-25-28/h9,11-25,30H,1,10H2,2-8H3,(H,31,32). The minimum atomic E-state index is -3.65. The van der Waals surface area contributed by atoms with Crippen molar-refractivity contribution in [3.63, 3.8) is 0 Å². The largest absolute Gasteiger partial charge is 0.493 e. The zero-order valence-corrected chi connectivity index (χ0v) is 28.4. The first-order valence-electron chi connectivity index (χ1n) is 13.6. The van der Waals surface area contributed by atoms with Gasteiger partial charge in [-0.2, -0.15) is 0 Å². The lowest BCUT2D eigenvalue weighted by Gasteiger charge is -2.48. The summed E-state index contributed by atoms with van der Waals surface area (Å²) >= 11 is 0. The van der Waals surface area contributed by atoms with E-state index in [2.05, 4.69) is 94.5 Å². The summed E-state index contributed by atoms with van der Waals surface area (Å²) < 4.78 is 22.1. The third-order valence-corrected chi connectivity index (χ3v) is 23.1. The lowest BCUT2D eigenvalue weighted by molar-refractivity contribution is -0.117. The second kappa shape index (κ2) is 12.9. The highest BCUT2D eigenvalue weighted by Crippen LogP contribution is 2.30. The molecule has 0 aliphatic heterocycles. The van der Waals surface area contributed by atoms with E-state index in [0.29, 0.717) is 6.42 Å². The van der Waals surface area contributed by atoms with Crippen LogP contribution < -0.4 is 20.9 Å². The van der Waals surface area contributed by atoms with E-state index in [4.69, 9.17) is 12.3 Å². The molecule has 0 aromatic heterocycles. The van der Waals surface area contributed by atoms with E-state index in [1.54, 1.807) is 0 Å². The molecule has 9 heteroatoms. The minimum absolute atomic E-state index is 0.257. The van der Waals surface area contributed by atoms with E-state index in [0.717, 1.165) is 15.6 Å². The highest BCUT2D eigenvalue weighted by molar-refractivity contribution is 6.99. The first kappa shape index (κ1) is 31.1. The molecule has 0 aliphatic rings. The molecule has 0 heterocycles. The molecule has 1 N–H and O–H groups in total. The third kappa shape index (κ3) is 7.85. The molecule has 0 radical (unpaired) electrons. The zero-order chi connectivity index (χ0) is 28.7. The highest BCUT2D eigenvalue weighted by atomic mass is 28.5. The van der Waals surface area contributed by atoms with Crippen molar-refractivity contribution in [2.45, 2.75) is 58.3 Å². The maximum Gasteiger partial charge on any atom is 0.493 e. The molecule has 3 rings (SSSR count). The topological polar surface area (TPSA) is 56.8 Å². The maximum atomic E-state index is 12.8. The number of carbonyl (C=O) groups is 1. The van der Waals surface area contributed by atoms with Crippen molar-refractivity contribution in [3.05, 3.63) is 104 Å². The van der Waals surface area contributed by atoms with Gasteiger partial charge in [0, 0.05) is 0 Å². The monoisotopic (exact) mass is 593 g/mol. The molecular formula is C30H43NO4Si4. The molecule has 39 heavy (non-hydrogen) atoms. The van der Waals surface area contributed by atoms with Crippen molar-refractivity contribution in [2.24, 2.45) is 0 Å². The van der Waals surface area contributed by atoms with Crippen LogP contribution in [0.1, 0.15) is 13.3 Å². The van der Waals surface area contributed by atoms with Crippen molar-refractivity contribution < 1.29 is 17.1 Å². The first-order chi connectivity index (χ1) is 18.4. The fraction of sp³-hybridized carbons (Fsp3) is 0.300. The molecule has 3 aromatic carbocycles. The van der Waals surface area contributed by atoms with Gasteiger partial charge in [0.05, 0.1) is 5.67 Å². The van der Waals surface area contributed by atoms with Gasteiger partial charge >= 0.3 is 8.80 Å². The van der Waals surface area contributed by atoms with Crippen LogP contribution in [0.4, 0.5) is 0 Å². The number of carbonyl (C=O) groups excluding carboxylic acids is 1. The summed E-state index contributed by atoms with van der Waals surface area (Å²) in [7, 11) is -11.4. The number of amides is 1. The zero-order valence-electron chi connectivity index (χ0n) is 24.4. The summed E-state index contributed by atoms with van der Waals surface area (Å²) in [4.78, 5) is 12.8. The Balaban J connectivity index is 2.24. The second-order valence-electron chi connectivity index (χ2n) is 11.2. The number of hydrogen-bond donors (Lipinski definition) is 1. The van der Waals surface area contributed by atoms with Gasteiger partial charge in [-0.3, -0.25) is 4.79 Å². The Hall–Kier alpha value is -2.38. The highest BCUT2D eigenvalue weighted by Gasteiger charge is 2.58. The Morgan fingerprint density at radius 2 is 1.00 bits per heavy atom. The molecule has 0 bridgehead atoms. The SMILES string of the molecule is C=CC(=O)NC(CC)[Si](O[Si](C)(C)c1ccccc1)(O[Si](C)(C)c1ccccc1)O[Si](C)(C)c1ccccc1. The third-order valence-electron chi connectivity index (χ3n) is 6.94. The van der Waals surface area contributed by atoms with E-state index < -0.39 is 39.4 Å². The molecule has 0 fully saturated rings. The van der Waals surface area contributed by atoms with Crippen molar-refractivity contribution in [1.29, 1.82) is 0 Å². The number of benzene rings is 3. The van der Waals surface area contributed by atoms with Gasteiger partial charge in [0.25, 0.3) is 0 Å². The van der Waals surface area contributed by atoms with Crippen LogP contribution in [0.5, 0.6) is 0 Å². The van der Waals surface area contributed by atoms with Gasteiger partial charge in [-0.25, -0.2) is 0 Å². The van der Waals surface area contributed by atoms with Gasteiger partial charge in [0.2, 0.25) is 30.9 Å². The van der Waals surface area contributed by atoms with Crippen LogP contribution in [-0.2, 0) is 17.1 Å². The van der Waals surface area contributed by atoms with Gasteiger partial charge in [-0.1, -0.05) is 104 Å². The Bertz CT molecular complexity index is 1090. The Morgan fingerprint density at radius 3 is 1.26 bits per heavy atom. The average molecular weight is 594 g/mol. The molecule has 0 saturated heterocycles. The van der Waals surface area contributed by atoms with Crippen molar-refractivity contribution in [3.8, 4) is 0 Å². The van der Waals surface area contributed by atoms with Gasteiger partial charge in [-0.15, -0.1) is 0 Å². The fourth-order valence-electron chi connectivity index (χ4n) is 4.71. The van der Waals surface area contributed by atoms with Crippen LogP contribution in [0, 0.1) is 0 Å². The number of hydrogen-bond acceptors (Lipinski definition) is 4. The van der Waals surface area contributed by atoms with Crippen LogP contribution in [-0.4, -0.2) is 45.3 Å². The molecule has 1 atom stereocenters. The predicted molar refractivity (Wildman–Crippen MR) is 172 cm³/mol. The molecule has 0 aliphatic carbocycles. The maximum absolute atomic E-state index is 12.8. The van der Waals surface area contributed by atoms with Crippen molar-refractivity contribution in [2.75, 3.05) is 0 Å². The molecule has 208 valence electrons. The lowest BCUT2D eigenvalue weighted by Crippen LogP contribution is -2.75. The second-order valence-corrected chi connectivity index (χ2v) is 26.4. The Morgan fingerprint density at radius 1 is 0.692 bits per heavy atom. The van der Waals surface area contributed by atoms with E-state index in [1.165, 1.54) is 6.08 Å². The number of rotatable bonds is 13. The fourth-order valence-corrected chi connectivity index (χ4v) is 21.8. The molecule has 1 unspecified atom stereocenters. The minimum Gasteiger partial charge on any atom is -0.411 e. The molecular weight excluding hydrogens is 551 g/mol. The van der Waals surface area contributed by atoms with Crippen LogP contribution in [0.3, 0.4) is 0 Å². The van der Waals surface area contributed by atoms with Crippen LogP contribution in [0.25, 0.3) is 0 Å². The molecule has 0 saturated carbocycles. The van der Waals surface area contributed by atoms with Crippen LogP contribution in [0.2, 0.25) is 39.3 Å². The van der Waals surface area contributed by atoms with E-state index >= 15 is 0 Å². The lowest BCUT2D eigenvalue weighted by atomic mass is 10.4. The Kier molecular flexibility index (Phi) is 10.3. The summed E-state index contributed by atoms with van der Waals surface area (Å²) in [6.45, 7) is 18.9. The van der Waals surface area contributed by atoms with Crippen LogP contribution >= 0.6 is 0 Å². The van der Waals surface area contributed by atoms with E-state index in [1.807, 2.05) is 54.6 Å². The van der Waals surface area contributed by atoms with Gasteiger partial charge in [-0.05, 0) is 67.3 Å². The summed E-state index contributed by atoms with van der Waals surface area (Å²) in [5, 5.41) is 6.63. The molecule has 3 aromatic rings. The predicted octanol–water partition coefficient (Wildman–Crippen LogP) is 4.93. The normalized spacial score (nSPS) is 13.5. The van der Waals surface area contributed by atoms with Gasteiger partial charge < -0.3 is 17.7 Å². The summed E-state index contributed by atoms with van der Waals surface area (Å²) in [5.74, 6) is -0.257. The summed E-state index contributed by atoms with van der Waals surface area (Å²) in [6, 6.07) is 31.0. The number of nitrogens with one attached hydrogen (secondary N) is 1. The van der Waals surface area contributed by atoms with Crippen molar-refractivity contribution in [1.82, 2.24) is 5.32 Å². The smallest absolute Gasteiger partial charge is 0.411 e. The Labute approximate surface area is 239 Å². The molecule has 0 spiro atoms. The van der Waals surface area contributed by atoms with E-state index in [9.17, 15) is 4.79 Å². The quantitative estimate of drug-likeness (QED) is 0.226. The molecule has 1 amide bonds. The summed E-state index contributed by atoms with van der Waals surface area (Å²) in [6.07, 6.45) is 1.91. The van der Waals surface area contributed by atoms with Gasteiger partial charge in [0.15, 0.2) is 0 Å². The average Bonchev–Trinajstić information content (AvgIpc) is 2.92. The van der Waals surface area contributed by atoms with E-state index in [-0.39, 0.29) is 5.91 Å². The molecule has 5 nitrogen and oxygen atoms in total. The summed E-state index contributed by atoms with van der Waals surface area (Å²) in [5.41, 5.74) is -0.440. The first-order valence-corrected chi connectivity index (χ1v) is 24.1. The van der Waals surface area contributed by atoms with Crippen molar-refractivity contribution >= 4 is 55.2 Å². The van der Waals surface area contributed by atoms with Crippen LogP contribution in [0.15, 0.2) is 104 Å². The van der Waals surface area contributed by atoms with Gasteiger partial charge in [0.1, 0.15) is 0 Å².